The molecule has 5 heteroatoms. The second-order valence-electron chi connectivity index (χ2n) is 3.81. The number of hydrogen-bond donors (Lipinski definition) is 2. The zero-order valence-electron chi connectivity index (χ0n) is 8.54. The smallest absolute Gasteiger partial charge is 0.142 e. The average Bonchev–Trinajstić information content (AvgIpc) is 2.29. The fraction of sp³-hybridized carbons (Fsp3) is 0.600. The molecule has 0 radical (unpaired) electrons. The minimum atomic E-state index is 0.726. The Balaban J connectivity index is 1.84. The lowest BCUT2D eigenvalue weighted by Crippen LogP contribution is -2.33. The summed E-state index contributed by atoms with van der Waals surface area (Å²) < 4.78 is 1.08. The number of aromatic nitrogens is 2. The van der Waals surface area contributed by atoms with Crippen LogP contribution in [0.4, 0.5) is 5.82 Å². The van der Waals surface area contributed by atoms with Crippen molar-refractivity contribution in [2.24, 2.45) is 5.92 Å². The third-order valence-electron chi connectivity index (χ3n) is 2.62. The fourth-order valence-corrected chi connectivity index (χ4v) is 2.27. The van der Waals surface area contributed by atoms with E-state index < -0.39 is 0 Å². The van der Waals surface area contributed by atoms with E-state index in [1.807, 2.05) is 6.20 Å². The van der Waals surface area contributed by atoms with Gasteiger partial charge in [0.15, 0.2) is 0 Å². The second-order valence-corrected chi connectivity index (χ2v) is 4.97. The molecule has 2 heterocycles. The molecule has 1 aliphatic heterocycles. The molecule has 1 atom stereocenters. The van der Waals surface area contributed by atoms with Crippen molar-refractivity contribution in [1.29, 1.82) is 0 Å². The molecule has 0 spiro atoms. The van der Waals surface area contributed by atoms with Gasteiger partial charge in [-0.2, -0.15) is 0 Å². The van der Waals surface area contributed by atoms with Gasteiger partial charge in [-0.25, -0.2) is 9.97 Å². The molecule has 4 nitrogen and oxygen atoms in total. The lowest BCUT2D eigenvalue weighted by Gasteiger charge is -2.23. The van der Waals surface area contributed by atoms with Crippen LogP contribution < -0.4 is 10.6 Å². The summed E-state index contributed by atoms with van der Waals surface area (Å²) in [6.45, 7) is 3.29. The minimum Gasteiger partial charge on any atom is -0.369 e. The van der Waals surface area contributed by atoms with Crippen molar-refractivity contribution in [2.75, 3.05) is 25.0 Å². The predicted octanol–water partition coefficient (Wildman–Crippen LogP) is 1.49. The molecule has 0 aromatic carbocycles. The molecule has 0 bridgehead atoms. The molecule has 2 rings (SSSR count). The number of anilines is 1. The second kappa shape index (κ2) is 5.60. The van der Waals surface area contributed by atoms with Crippen LogP contribution in [-0.2, 0) is 0 Å². The van der Waals surface area contributed by atoms with Crippen molar-refractivity contribution in [2.45, 2.75) is 12.8 Å². The number of halogens is 1. The van der Waals surface area contributed by atoms with Crippen LogP contribution in [0.2, 0.25) is 0 Å². The largest absolute Gasteiger partial charge is 0.369 e. The van der Waals surface area contributed by atoms with Crippen molar-refractivity contribution in [3.63, 3.8) is 0 Å². The first-order valence-electron chi connectivity index (χ1n) is 5.26. The molecular formula is C10H15IN4. The van der Waals surface area contributed by atoms with Gasteiger partial charge in [0.2, 0.25) is 0 Å². The van der Waals surface area contributed by atoms with Crippen molar-refractivity contribution in [3.05, 3.63) is 16.1 Å². The van der Waals surface area contributed by atoms with Gasteiger partial charge >= 0.3 is 0 Å². The molecule has 15 heavy (non-hydrogen) atoms. The van der Waals surface area contributed by atoms with Crippen LogP contribution in [0.1, 0.15) is 12.8 Å². The molecule has 1 unspecified atom stereocenters. The number of piperidine rings is 1. The van der Waals surface area contributed by atoms with Gasteiger partial charge in [-0.3, -0.25) is 0 Å². The lowest BCUT2D eigenvalue weighted by atomic mass is 10.00. The Morgan fingerprint density at radius 2 is 2.53 bits per heavy atom. The van der Waals surface area contributed by atoms with Crippen LogP contribution in [0.3, 0.4) is 0 Å². The van der Waals surface area contributed by atoms with Crippen LogP contribution in [-0.4, -0.2) is 29.6 Å². The van der Waals surface area contributed by atoms with E-state index in [1.54, 1.807) is 6.33 Å². The molecule has 82 valence electrons. The van der Waals surface area contributed by atoms with E-state index in [0.717, 1.165) is 28.4 Å². The van der Waals surface area contributed by atoms with E-state index in [9.17, 15) is 0 Å². The van der Waals surface area contributed by atoms with E-state index >= 15 is 0 Å². The van der Waals surface area contributed by atoms with Gasteiger partial charge in [0, 0.05) is 12.7 Å². The lowest BCUT2D eigenvalue weighted by molar-refractivity contribution is 0.392. The summed E-state index contributed by atoms with van der Waals surface area (Å²) in [6.07, 6.45) is 6.01. The maximum atomic E-state index is 4.21. The van der Waals surface area contributed by atoms with Gasteiger partial charge in [0.1, 0.15) is 12.1 Å². The standard InChI is InChI=1S/C10H15IN4/c11-9-6-13-7-15-10(9)14-5-8-2-1-3-12-4-8/h6-8,12H,1-5H2,(H,13,14,15). The molecule has 1 aliphatic rings. The van der Waals surface area contributed by atoms with Crippen molar-refractivity contribution >= 4 is 28.4 Å². The minimum absolute atomic E-state index is 0.726. The molecule has 0 aliphatic carbocycles. The monoisotopic (exact) mass is 318 g/mol. The van der Waals surface area contributed by atoms with Crippen LogP contribution in [0, 0.1) is 9.49 Å². The molecule has 0 saturated carbocycles. The number of nitrogens with one attached hydrogen (secondary N) is 2. The maximum Gasteiger partial charge on any atom is 0.142 e. The number of nitrogens with zero attached hydrogens (tertiary/aromatic N) is 2. The summed E-state index contributed by atoms with van der Waals surface area (Å²) in [6, 6.07) is 0. The van der Waals surface area contributed by atoms with Crippen LogP contribution in [0.25, 0.3) is 0 Å². The summed E-state index contributed by atoms with van der Waals surface area (Å²) in [5.41, 5.74) is 0. The van der Waals surface area contributed by atoms with E-state index in [4.69, 9.17) is 0 Å². The molecular weight excluding hydrogens is 303 g/mol. The Kier molecular flexibility index (Phi) is 4.13. The first-order chi connectivity index (χ1) is 7.36. The summed E-state index contributed by atoms with van der Waals surface area (Å²) in [5.74, 6) is 1.68. The SMILES string of the molecule is Ic1cncnc1NCC1CCCNC1. The molecule has 1 aromatic rings. The Morgan fingerprint density at radius 1 is 1.60 bits per heavy atom. The summed E-state index contributed by atoms with van der Waals surface area (Å²) in [4.78, 5) is 8.18. The van der Waals surface area contributed by atoms with Crippen molar-refractivity contribution in [3.8, 4) is 0 Å². The Labute approximate surface area is 103 Å². The van der Waals surface area contributed by atoms with Gasteiger partial charge < -0.3 is 10.6 Å². The topological polar surface area (TPSA) is 49.8 Å². The zero-order chi connectivity index (χ0) is 10.5. The molecule has 0 amide bonds. The van der Waals surface area contributed by atoms with Crippen molar-refractivity contribution in [1.82, 2.24) is 15.3 Å². The van der Waals surface area contributed by atoms with Crippen molar-refractivity contribution < 1.29 is 0 Å². The average molecular weight is 318 g/mol. The predicted molar refractivity (Wildman–Crippen MR) is 68.8 cm³/mol. The van der Waals surface area contributed by atoms with E-state index in [-0.39, 0.29) is 0 Å². The molecule has 1 aromatic heterocycles. The van der Waals surface area contributed by atoms with E-state index in [2.05, 4.69) is 43.2 Å². The third kappa shape index (κ3) is 3.27. The Bertz CT molecular complexity index is 312. The summed E-state index contributed by atoms with van der Waals surface area (Å²) in [5, 5.41) is 6.80. The van der Waals surface area contributed by atoms with Crippen LogP contribution >= 0.6 is 22.6 Å². The maximum absolute atomic E-state index is 4.21. The van der Waals surface area contributed by atoms with Gasteiger partial charge in [0.05, 0.1) is 3.57 Å². The van der Waals surface area contributed by atoms with Crippen LogP contribution in [0.15, 0.2) is 12.5 Å². The first-order valence-corrected chi connectivity index (χ1v) is 6.34. The third-order valence-corrected chi connectivity index (χ3v) is 3.41. The molecule has 2 N–H and O–H groups in total. The number of rotatable bonds is 3. The fourth-order valence-electron chi connectivity index (χ4n) is 1.78. The zero-order valence-corrected chi connectivity index (χ0v) is 10.7. The number of hydrogen-bond acceptors (Lipinski definition) is 4. The van der Waals surface area contributed by atoms with Gasteiger partial charge in [-0.15, -0.1) is 0 Å². The Hall–Kier alpha value is -0.430. The van der Waals surface area contributed by atoms with Crippen LogP contribution in [0.5, 0.6) is 0 Å². The van der Waals surface area contributed by atoms with E-state index in [0.29, 0.717) is 0 Å². The highest BCUT2D eigenvalue weighted by atomic mass is 127. The Morgan fingerprint density at radius 3 is 3.27 bits per heavy atom. The summed E-state index contributed by atoms with van der Waals surface area (Å²) in [7, 11) is 0. The van der Waals surface area contributed by atoms with E-state index in [1.165, 1.54) is 19.4 Å². The van der Waals surface area contributed by atoms with Gasteiger partial charge in [-0.1, -0.05) is 0 Å². The quantitative estimate of drug-likeness (QED) is 0.829. The molecule has 1 fully saturated rings. The first kappa shape index (κ1) is 11.1. The molecule has 1 saturated heterocycles. The van der Waals surface area contributed by atoms with Gasteiger partial charge in [-0.05, 0) is 54.4 Å². The normalized spacial score (nSPS) is 21.3. The highest BCUT2D eigenvalue weighted by Gasteiger charge is 2.12. The van der Waals surface area contributed by atoms with Gasteiger partial charge in [0.25, 0.3) is 0 Å². The summed E-state index contributed by atoms with van der Waals surface area (Å²) >= 11 is 2.25. The highest BCUT2D eigenvalue weighted by Crippen LogP contribution is 2.15. The highest BCUT2D eigenvalue weighted by molar-refractivity contribution is 14.1.